The van der Waals surface area contributed by atoms with Crippen molar-refractivity contribution in [3.05, 3.63) is 65.0 Å². The van der Waals surface area contributed by atoms with E-state index in [1.165, 1.54) is 25.2 Å². The molecule has 0 spiro atoms. The molecule has 0 saturated heterocycles. The number of anilines is 1. The van der Waals surface area contributed by atoms with Crippen LogP contribution in [0.25, 0.3) is 0 Å². The zero-order valence-corrected chi connectivity index (χ0v) is 14.5. The van der Waals surface area contributed by atoms with Crippen LogP contribution < -0.4 is 10.0 Å². The number of nitrogens with two attached hydrogens (primary N) is 1. The van der Waals surface area contributed by atoms with Gasteiger partial charge in [0.25, 0.3) is 0 Å². The maximum Gasteiger partial charge on any atom is 0.249 e. The summed E-state index contributed by atoms with van der Waals surface area (Å²) >= 11 is 0. The van der Waals surface area contributed by atoms with Gasteiger partial charge in [-0.15, -0.1) is 0 Å². The fourth-order valence-corrected chi connectivity index (χ4v) is 2.95. The minimum atomic E-state index is -3.45. The molecule has 0 bridgehead atoms. The Morgan fingerprint density at radius 1 is 1.17 bits per heavy atom. The minimum absolute atomic E-state index is 0.203. The first kappa shape index (κ1) is 17.9. The minimum Gasteiger partial charge on any atom is -0.366 e. The third-order valence-corrected chi connectivity index (χ3v) is 5.21. The van der Waals surface area contributed by atoms with Crippen molar-refractivity contribution in [2.24, 2.45) is 5.73 Å². The van der Waals surface area contributed by atoms with E-state index in [1.54, 1.807) is 24.3 Å². The molecule has 0 saturated carbocycles. The van der Waals surface area contributed by atoms with Crippen LogP contribution in [0.5, 0.6) is 0 Å². The van der Waals surface area contributed by atoms with Gasteiger partial charge in [-0.2, -0.15) is 0 Å². The average Bonchev–Trinajstić information content (AvgIpc) is 2.52. The van der Waals surface area contributed by atoms with E-state index in [4.69, 9.17) is 5.73 Å². The molecular weight excluding hydrogens is 331 g/mol. The second-order valence-electron chi connectivity index (χ2n) is 5.64. The van der Waals surface area contributed by atoms with Crippen LogP contribution in [0.1, 0.15) is 34.3 Å². The van der Waals surface area contributed by atoms with E-state index in [0.29, 0.717) is 11.3 Å². The standard InChI is InChI=1S/C17H19FN2O3S/c1-11(12-4-6-13(18)7-5-12)15-9-8-14(10-16(15)17(19)21)20(2)24(3,22)23/h4-11H,1-3H3,(H2,19,21)/t11-/m1/s1. The lowest BCUT2D eigenvalue weighted by atomic mass is 9.89. The van der Waals surface area contributed by atoms with Gasteiger partial charge < -0.3 is 5.73 Å². The smallest absolute Gasteiger partial charge is 0.249 e. The normalized spacial score (nSPS) is 12.7. The Balaban J connectivity index is 2.51. The van der Waals surface area contributed by atoms with Gasteiger partial charge in [0.2, 0.25) is 15.9 Å². The highest BCUT2D eigenvalue weighted by molar-refractivity contribution is 7.92. The van der Waals surface area contributed by atoms with E-state index in [0.717, 1.165) is 16.1 Å². The van der Waals surface area contributed by atoms with Gasteiger partial charge in [0.15, 0.2) is 0 Å². The summed E-state index contributed by atoms with van der Waals surface area (Å²) in [4.78, 5) is 11.8. The van der Waals surface area contributed by atoms with Gasteiger partial charge in [0.1, 0.15) is 5.82 Å². The molecule has 0 fully saturated rings. The summed E-state index contributed by atoms with van der Waals surface area (Å²) in [7, 11) is -2.05. The highest BCUT2D eigenvalue weighted by Gasteiger charge is 2.19. The summed E-state index contributed by atoms with van der Waals surface area (Å²) in [5.74, 6) is -1.19. The van der Waals surface area contributed by atoms with Gasteiger partial charge in [0, 0.05) is 18.5 Å². The number of hydrogen-bond acceptors (Lipinski definition) is 3. The number of nitrogens with zero attached hydrogens (tertiary/aromatic N) is 1. The fraction of sp³-hybridized carbons (Fsp3) is 0.235. The number of benzene rings is 2. The van der Waals surface area contributed by atoms with E-state index in [2.05, 4.69) is 0 Å². The number of hydrogen-bond donors (Lipinski definition) is 1. The lowest BCUT2D eigenvalue weighted by Gasteiger charge is -2.21. The molecule has 0 heterocycles. The first-order valence-electron chi connectivity index (χ1n) is 7.24. The van der Waals surface area contributed by atoms with Crippen LogP contribution in [-0.2, 0) is 10.0 Å². The summed E-state index contributed by atoms with van der Waals surface area (Å²) in [5, 5.41) is 0. The maximum atomic E-state index is 13.1. The van der Waals surface area contributed by atoms with Crippen LogP contribution in [0, 0.1) is 5.82 Å². The monoisotopic (exact) mass is 350 g/mol. The fourth-order valence-electron chi connectivity index (χ4n) is 2.45. The van der Waals surface area contributed by atoms with E-state index >= 15 is 0 Å². The molecule has 0 unspecified atom stereocenters. The van der Waals surface area contributed by atoms with Crippen molar-refractivity contribution in [2.75, 3.05) is 17.6 Å². The summed E-state index contributed by atoms with van der Waals surface area (Å²) < 4.78 is 37.5. The molecular formula is C17H19FN2O3S. The zero-order valence-electron chi connectivity index (χ0n) is 13.7. The third-order valence-electron chi connectivity index (χ3n) is 4.00. The predicted molar refractivity (Wildman–Crippen MR) is 92.1 cm³/mol. The average molecular weight is 350 g/mol. The summed E-state index contributed by atoms with van der Waals surface area (Å²) in [6, 6.07) is 10.7. The Hall–Kier alpha value is -2.41. The number of carbonyl (C=O) groups excluding carboxylic acids is 1. The van der Waals surface area contributed by atoms with Crippen molar-refractivity contribution in [2.45, 2.75) is 12.8 Å². The van der Waals surface area contributed by atoms with Crippen LogP contribution in [0.2, 0.25) is 0 Å². The third kappa shape index (κ3) is 3.73. The van der Waals surface area contributed by atoms with Crippen LogP contribution in [0.15, 0.2) is 42.5 Å². The summed E-state index contributed by atoms with van der Waals surface area (Å²) in [6.45, 7) is 1.87. The largest absolute Gasteiger partial charge is 0.366 e. The summed E-state index contributed by atoms with van der Waals surface area (Å²) in [5.41, 5.74) is 7.53. The number of halogens is 1. The molecule has 0 aliphatic heterocycles. The molecule has 1 amide bonds. The van der Waals surface area contributed by atoms with Crippen molar-refractivity contribution >= 4 is 21.6 Å². The second kappa shape index (κ2) is 6.60. The van der Waals surface area contributed by atoms with Crippen LogP contribution in [-0.4, -0.2) is 27.6 Å². The molecule has 5 nitrogen and oxygen atoms in total. The molecule has 7 heteroatoms. The maximum absolute atomic E-state index is 13.1. The Kier molecular flexibility index (Phi) is 4.94. The van der Waals surface area contributed by atoms with E-state index in [9.17, 15) is 17.6 Å². The van der Waals surface area contributed by atoms with E-state index < -0.39 is 15.9 Å². The second-order valence-corrected chi connectivity index (χ2v) is 7.65. The lowest BCUT2D eigenvalue weighted by Crippen LogP contribution is -2.25. The molecule has 2 aromatic rings. The highest BCUT2D eigenvalue weighted by Crippen LogP contribution is 2.30. The Morgan fingerprint density at radius 3 is 2.25 bits per heavy atom. The highest BCUT2D eigenvalue weighted by atomic mass is 32.2. The molecule has 1 atom stereocenters. The number of amides is 1. The molecule has 2 aromatic carbocycles. The van der Waals surface area contributed by atoms with Gasteiger partial charge in [-0.3, -0.25) is 9.10 Å². The van der Waals surface area contributed by atoms with Crippen molar-refractivity contribution in [3.63, 3.8) is 0 Å². The van der Waals surface area contributed by atoms with Crippen LogP contribution >= 0.6 is 0 Å². The lowest BCUT2D eigenvalue weighted by molar-refractivity contribution is 0.0999. The summed E-state index contributed by atoms with van der Waals surface area (Å²) in [6.07, 6.45) is 1.08. The molecule has 2 N–H and O–H groups in total. The van der Waals surface area contributed by atoms with Crippen molar-refractivity contribution in [1.29, 1.82) is 0 Å². The zero-order chi connectivity index (χ0) is 18.1. The Bertz CT molecular complexity index is 864. The topological polar surface area (TPSA) is 80.5 Å². The number of carbonyl (C=O) groups is 1. The molecule has 0 aliphatic carbocycles. The van der Waals surface area contributed by atoms with Crippen molar-refractivity contribution in [1.82, 2.24) is 0 Å². The SMILES string of the molecule is C[C@H](c1ccc(F)cc1)c1ccc(N(C)S(C)(=O)=O)cc1C(N)=O. The first-order valence-corrected chi connectivity index (χ1v) is 9.09. The van der Waals surface area contributed by atoms with Gasteiger partial charge in [-0.1, -0.05) is 25.1 Å². The number of rotatable bonds is 5. The predicted octanol–water partition coefficient (Wildman–Crippen LogP) is 2.47. The van der Waals surface area contributed by atoms with E-state index in [1.807, 2.05) is 6.92 Å². The molecule has 2 rings (SSSR count). The van der Waals surface area contributed by atoms with Crippen LogP contribution in [0.4, 0.5) is 10.1 Å². The Labute approximate surface area is 141 Å². The molecule has 24 heavy (non-hydrogen) atoms. The van der Waals surface area contributed by atoms with Gasteiger partial charge in [0.05, 0.1) is 11.9 Å². The van der Waals surface area contributed by atoms with Crippen LogP contribution in [0.3, 0.4) is 0 Å². The van der Waals surface area contributed by atoms with E-state index in [-0.39, 0.29) is 17.3 Å². The molecule has 128 valence electrons. The number of sulfonamides is 1. The van der Waals surface area contributed by atoms with Crippen molar-refractivity contribution < 1.29 is 17.6 Å². The molecule has 0 radical (unpaired) electrons. The van der Waals surface area contributed by atoms with Gasteiger partial charge >= 0.3 is 0 Å². The van der Waals surface area contributed by atoms with Gasteiger partial charge in [-0.05, 0) is 35.4 Å². The Morgan fingerprint density at radius 2 is 1.75 bits per heavy atom. The van der Waals surface area contributed by atoms with Crippen molar-refractivity contribution in [3.8, 4) is 0 Å². The molecule has 0 aromatic heterocycles. The van der Waals surface area contributed by atoms with Gasteiger partial charge in [-0.25, -0.2) is 12.8 Å². The quantitative estimate of drug-likeness (QED) is 0.899. The number of primary amides is 1. The first-order chi connectivity index (χ1) is 11.1. The molecule has 0 aliphatic rings.